The molecular formula is C14H17NOS. The van der Waals surface area contributed by atoms with Crippen LogP contribution in [0.3, 0.4) is 0 Å². The molecule has 1 heterocycles. The third-order valence-electron chi connectivity index (χ3n) is 2.71. The molecule has 0 fully saturated rings. The van der Waals surface area contributed by atoms with E-state index in [0.29, 0.717) is 6.42 Å². The number of benzene rings is 1. The molecule has 1 atom stereocenters. The first-order valence-corrected chi connectivity index (χ1v) is 6.69. The van der Waals surface area contributed by atoms with Crippen LogP contribution in [0.1, 0.15) is 28.8 Å². The van der Waals surface area contributed by atoms with Gasteiger partial charge < -0.3 is 5.11 Å². The molecule has 0 aliphatic rings. The van der Waals surface area contributed by atoms with Crippen LogP contribution in [0.2, 0.25) is 0 Å². The number of aliphatic hydroxyl groups excluding tert-OH is 1. The summed E-state index contributed by atoms with van der Waals surface area (Å²) in [7, 11) is 0. The molecule has 1 aromatic heterocycles. The molecule has 1 N–H and O–H groups in total. The molecule has 0 spiro atoms. The Kier molecular flexibility index (Phi) is 3.92. The van der Waals surface area contributed by atoms with Crippen molar-refractivity contribution in [2.24, 2.45) is 0 Å². The minimum Gasteiger partial charge on any atom is -0.393 e. The van der Waals surface area contributed by atoms with E-state index in [1.807, 2.05) is 5.38 Å². The zero-order valence-electron chi connectivity index (χ0n) is 10.2. The fraction of sp³-hybridized carbons (Fsp3) is 0.357. The first-order valence-electron chi connectivity index (χ1n) is 5.81. The van der Waals surface area contributed by atoms with Gasteiger partial charge in [-0.05, 0) is 25.0 Å². The van der Waals surface area contributed by atoms with Gasteiger partial charge in [0, 0.05) is 18.2 Å². The van der Waals surface area contributed by atoms with Crippen LogP contribution in [0.4, 0.5) is 0 Å². The van der Waals surface area contributed by atoms with Crippen molar-refractivity contribution in [2.45, 2.75) is 32.8 Å². The van der Waals surface area contributed by atoms with Crippen LogP contribution in [-0.2, 0) is 12.8 Å². The minimum absolute atomic E-state index is 0.316. The summed E-state index contributed by atoms with van der Waals surface area (Å²) in [6.45, 7) is 3.92. The van der Waals surface area contributed by atoms with Gasteiger partial charge in [0.15, 0.2) is 0 Å². The van der Waals surface area contributed by atoms with E-state index in [1.54, 1.807) is 18.3 Å². The maximum absolute atomic E-state index is 9.31. The Labute approximate surface area is 106 Å². The Morgan fingerprint density at radius 1 is 1.35 bits per heavy atom. The summed E-state index contributed by atoms with van der Waals surface area (Å²) in [5.74, 6) is 0. The van der Waals surface area contributed by atoms with E-state index < -0.39 is 0 Å². The van der Waals surface area contributed by atoms with Gasteiger partial charge >= 0.3 is 0 Å². The smallest absolute Gasteiger partial charge is 0.0972 e. The topological polar surface area (TPSA) is 33.1 Å². The third kappa shape index (κ3) is 3.38. The second kappa shape index (κ2) is 5.43. The number of thiazole rings is 1. The van der Waals surface area contributed by atoms with Crippen molar-refractivity contribution in [2.75, 3.05) is 0 Å². The van der Waals surface area contributed by atoms with Crippen molar-refractivity contribution in [3.8, 4) is 0 Å². The number of hydrogen-bond donors (Lipinski definition) is 1. The van der Waals surface area contributed by atoms with E-state index in [1.165, 1.54) is 11.1 Å². The van der Waals surface area contributed by atoms with Gasteiger partial charge in [-0.25, -0.2) is 4.98 Å². The maximum atomic E-state index is 9.31. The second-order valence-corrected chi connectivity index (χ2v) is 5.33. The molecular weight excluding hydrogens is 230 g/mol. The standard InChI is InChI=1S/C14H17NOS/c1-10-5-3-4-6-12(10)8-14-15-13(9-17-14)7-11(2)16/h3-6,9,11,16H,7-8H2,1-2H3. The Morgan fingerprint density at radius 2 is 2.12 bits per heavy atom. The first-order chi connectivity index (χ1) is 8.15. The van der Waals surface area contributed by atoms with Gasteiger partial charge in [0.1, 0.15) is 0 Å². The van der Waals surface area contributed by atoms with Crippen molar-refractivity contribution >= 4 is 11.3 Å². The lowest BCUT2D eigenvalue weighted by Gasteiger charge is -2.02. The monoisotopic (exact) mass is 247 g/mol. The molecule has 90 valence electrons. The van der Waals surface area contributed by atoms with Crippen LogP contribution in [0, 0.1) is 6.92 Å². The molecule has 0 saturated carbocycles. The van der Waals surface area contributed by atoms with Crippen LogP contribution in [0.5, 0.6) is 0 Å². The molecule has 0 aliphatic heterocycles. The van der Waals surface area contributed by atoms with Gasteiger partial charge in [-0.2, -0.15) is 0 Å². The Bertz CT molecular complexity index is 490. The molecule has 17 heavy (non-hydrogen) atoms. The Hall–Kier alpha value is -1.19. The van der Waals surface area contributed by atoms with E-state index in [2.05, 4.69) is 36.2 Å². The zero-order chi connectivity index (χ0) is 12.3. The molecule has 2 aromatic rings. The summed E-state index contributed by atoms with van der Waals surface area (Å²) in [5, 5.41) is 12.5. The highest BCUT2D eigenvalue weighted by Gasteiger charge is 2.06. The molecule has 0 aliphatic carbocycles. The van der Waals surface area contributed by atoms with Crippen LogP contribution in [0.25, 0.3) is 0 Å². The molecule has 0 bridgehead atoms. The van der Waals surface area contributed by atoms with Gasteiger partial charge in [0.25, 0.3) is 0 Å². The second-order valence-electron chi connectivity index (χ2n) is 4.39. The summed E-state index contributed by atoms with van der Waals surface area (Å²) in [5.41, 5.74) is 3.62. The molecule has 0 saturated heterocycles. The Balaban J connectivity index is 2.09. The van der Waals surface area contributed by atoms with Crippen molar-refractivity contribution in [1.29, 1.82) is 0 Å². The molecule has 1 aromatic carbocycles. The number of aliphatic hydroxyl groups is 1. The minimum atomic E-state index is -0.316. The number of hydrogen-bond acceptors (Lipinski definition) is 3. The highest BCUT2D eigenvalue weighted by Crippen LogP contribution is 2.17. The lowest BCUT2D eigenvalue weighted by Crippen LogP contribution is -2.04. The van der Waals surface area contributed by atoms with Crippen molar-refractivity contribution in [1.82, 2.24) is 4.98 Å². The molecule has 0 amide bonds. The average molecular weight is 247 g/mol. The quantitative estimate of drug-likeness (QED) is 0.901. The predicted molar refractivity (Wildman–Crippen MR) is 71.5 cm³/mol. The molecule has 2 rings (SSSR count). The summed E-state index contributed by atoms with van der Waals surface area (Å²) in [4.78, 5) is 4.55. The molecule has 2 nitrogen and oxygen atoms in total. The average Bonchev–Trinajstić information content (AvgIpc) is 2.68. The number of aryl methyl sites for hydroxylation is 1. The van der Waals surface area contributed by atoms with Gasteiger partial charge in [-0.15, -0.1) is 11.3 Å². The summed E-state index contributed by atoms with van der Waals surface area (Å²) in [6.07, 6.45) is 1.21. The summed E-state index contributed by atoms with van der Waals surface area (Å²) >= 11 is 1.67. The third-order valence-corrected chi connectivity index (χ3v) is 3.60. The summed E-state index contributed by atoms with van der Waals surface area (Å²) < 4.78 is 0. The van der Waals surface area contributed by atoms with E-state index >= 15 is 0 Å². The zero-order valence-corrected chi connectivity index (χ0v) is 11.0. The van der Waals surface area contributed by atoms with Crippen LogP contribution in [-0.4, -0.2) is 16.2 Å². The van der Waals surface area contributed by atoms with E-state index in [0.717, 1.165) is 17.1 Å². The van der Waals surface area contributed by atoms with Gasteiger partial charge in [-0.3, -0.25) is 0 Å². The van der Waals surface area contributed by atoms with Crippen LogP contribution >= 0.6 is 11.3 Å². The normalized spacial score (nSPS) is 12.6. The SMILES string of the molecule is Cc1ccccc1Cc1nc(CC(C)O)cs1. The van der Waals surface area contributed by atoms with E-state index in [-0.39, 0.29) is 6.10 Å². The number of aromatic nitrogens is 1. The lowest BCUT2D eigenvalue weighted by atomic mass is 10.1. The fourth-order valence-corrected chi connectivity index (χ4v) is 2.63. The lowest BCUT2D eigenvalue weighted by molar-refractivity contribution is 0.194. The van der Waals surface area contributed by atoms with Gasteiger partial charge in [0.05, 0.1) is 16.8 Å². The fourth-order valence-electron chi connectivity index (χ4n) is 1.80. The molecule has 1 unspecified atom stereocenters. The van der Waals surface area contributed by atoms with Crippen LogP contribution in [0.15, 0.2) is 29.6 Å². The molecule has 3 heteroatoms. The van der Waals surface area contributed by atoms with Crippen molar-refractivity contribution in [3.63, 3.8) is 0 Å². The van der Waals surface area contributed by atoms with Gasteiger partial charge in [0.2, 0.25) is 0 Å². The van der Waals surface area contributed by atoms with Gasteiger partial charge in [-0.1, -0.05) is 24.3 Å². The Morgan fingerprint density at radius 3 is 2.82 bits per heavy atom. The van der Waals surface area contributed by atoms with E-state index in [9.17, 15) is 5.11 Å². The molecule has 0 radical (unpaired) electrons. The van der Waals surface area contributed by atoms with E-state index in [4.69, 9.17) is 0 Å². The number of nitrogens with zero attached hydrogens (tertiary/aromatic N) is 1. The maximum Gasteiger partial charge on any atom is 0.0972 e. The predicted octanol–water partition coefficient (Wildman–Crippen LogP) is 2.97. The van der Waals surface area contributed by atoms with Crippen molar-refractivity contribution < 1.29 is 5.11 Å². The van der Waals surface area contributed by atoms with Crippen molar-refractivity contribution in [3.05, 3.63) is 51.5 Å². The largest absolute Gasteiger partial charge is 0.393 e. The highest BCUT2D eigenvalue weighted by atomic mass is 32.1. The number of rotatable bonds is 4. The highest BCUT2D eigenvalue weighted by molar-refractivity contribution is 7.09. The first kappa shape index (κ1) is 12.3. The summed E-state index contributed by atoms with van der Waals surface area (Å²) in [6, 6.07) is 8.39. The van der Waals surface area contributed by atoms with Crippen LogP contribution < -0.4 is 0 Å².